The third-order valence-corrected chi connectivity index (χ3v) is 11.8. The Kier molecular flexibility index (Phi) is 10.3. The number of anilines is 1. The Morgan fingerprint density at radius 2 is 1.55 bits per heavy atom. The van der Waals surface area contributed by atoms with Crippen molar-refractivity contribution in [2.75, 3.05) is 78.6 Å². The molecule has 6 rings (SSSR count). The molecule has 3 heterocycles. The van der Waals surface area contributed by atoms with Gasteiger partial charge >= 0.3 is 0 Å². The molecular weight excluding hydrogens is 648 g/mol. The lowest BCUT2D eigenvalue weighted by molar-refractivity contribution is -0.149. The van der Waals surface area contributed by atoms with E-state index in [1.54, 1.807) is 44.6 Å². The fourth-order valence-electron chi connectivity index (χ4n) is 7.19. The van der Waals surface area contributed by atoms with Crippen LogP contribution in [-0.2, 0) is 25.2 Å². The average Bonchev–Trinajstić information content (AvgIpc) is 3.49. The topological polar surface area (TPSA) is 119 Å². The number of hydrogen-bond acceptors (Lipinski definition) is 10. The Hall–Kier alpha value is -4.04. The molecule has 264 valence electrons. The molecule has 0 saturated carbocycles. The van der Waals surface area contributed by atoms with Crippen LogP contribution in [0.25, 0.3) is 0 Å². The number of likely N-dealkylation sites (tertiary alicyclic amines) is 1. The van der Waals surface area contributed by atoms with Crippen LogP contribution in [0.2, 0.25) is 0 Å². The molecule has 0 aromatic heterocycles. The van der Waals surface area contributed by atoms with Gasteiger partial charge in [0.25, 0.3) is 10.0 Å². The van der Waals surface area contributed by atoms with Crippen LogP contribution in [0.15, 0.2) is 65.6 Å². The number of carbonyl (C=O) groups is 1. The fraction of sp³-hybridized carbons (Fsp3) is 0.472. The highest BCUT2D eigenvalue weighted by atomic mass is 32.2. The van der Waals surface area contributed by atoms with E-state index in [2.05, 4.69) is 17.1 Å². The van der Waals surface area contributed by atoms with Crippen molar-refractivity contribution >= 4 is 21.6 Å². The number of fused-ring (bicyclic) bond motifs is 1. The van der Waals surface area contributed by atoms with E-state index in [0.29, 0.717) is 59.6 Å². The number of carbonyl (C=O) groups excluding carboxylic acids is 1. The Morgan fingerprint density at radius 1 is 0.857 bits per heavy atom. The van der Waals surface area contributed by atoms with Gasteiger partial charge in [0.2, 0.25) is 5.91 Å². The lowest BCUT2D eigenvalue weighted by Crippen LogP contribution is -2.62. The van der Waals surface area contributed by atoms with Gasteiger partial charge in [-0.25, -0.2) is 8.42 Å². The van der Waals surface area contributed by atoms with Crippen molar-refractivity contribution in [1.29, 1.82) is 0 Å². The van der Waals surface area contributed by atoms with Gasteiger partial charge in [0.15, 0.2) is 0 Å². The minimum atomic E-state index is -4.24. The predicted molar refractivity (Wildman–Crippen MR) is 185 cm³/mol. The molecule has 0 spiro atoms. The summed E-state index contributed by atoms with van der Waals surface area (Å²) < 4.78 is 59.7. The maximum atomic E-state index is 14.6. The number of amides is 1. The number of piperidine rings is 1. The molecule has 49 heavy (non-hydrogen) atoms. The van der Waals surface area contributed by atoms with Gasteiger partial charge in [-0.3, -0.25) is 14.0 Å². The van der Waals surface area contributed by atoms with Crippen molar-refractivity contribution in [1.82, 2.24) is 15.1 Å². The second kappa shape index (κ2) is 14.4. The zero-order valence-electron chi connectivity index (χ0n) is 28.8. The van der Waals surface area contributed by atoms with Crippen molar-refractivity contribution in [3.05, 3.63) is 71.8 Å². The zero-order chi connectivity index (χ0) is 34.8. The van der Waals surface area contributed by atoms with Gasteiger partial charge in [0, 0.05) is 49.9 Å². The molecule has 3 aromatic rings. The van der Waals surface area contributed by atoms with Gasteiger partial charge in [-0.1, -0.05) is 25.1 Å². The zero-order valence-corrected chi connectivity index (χ0v) is 29.6. The molecule has 2 unspecified atom stereocenters. The number of methoxy groups -OCH3 is 4. The number of piperazine rings is 1. The van der Waals surface area contributed by atoms with Gasteiger partial charge < -0.3 is 33.9 Å². The van der Waals surface area contributed by atoms with Crippen LogP contribution in [0.5, 0.6) is 23.0 Å². The average molecular weight is 695 g/mol. The summed E-state index contributed by atoms with van der Waals surface area (Å²) in [4.78, 5) is 18.5. The molecule has 3 aliphatic heterocycles. The van der Waals surface area contributed by atoms with Gasteiger partial charge in [0.1, 0.15) is 40.1 Å². The van der Waals surface area contributed by atoms with Crippen molar-refractivity contribution in [3.8, 4) is 23.0 Å². The van der Waals surface area contributed by atoms with Gasteiger partial charge in [-0.2, -0.15) is 0 Å². The highest BCUT2D eigenvalue weighted by molar-refractivity contribution is 7.93. The lowest BCUT2D eigenvalue weighted by Gasteiger charge is -2.45. The summed E-state index contributed by atoms with van der Waals surface area (Å²) in [5, 5.41) is 3.46. The van der Waals surface area contributed by atoms with Crippen molar-refractivity contribution in [2.24, 2.45) is 5.92 Å². The Labute approximate surface area is 288 Å². The first-order chi connectivity index (χ1) is 23.7. The van der Waals surface area contributed by atoms with Gasteiger partial charge in [-0.05, 0) is 55.2 Å². The van der Waals surface area contributed by atoms with E-state index in [9.17, 15) is 13.2 Å². The SMILES string of the molecule is COc1ccc(S(=O)(=O)N2CC(OCC(=O)N3CCNCC3N3CCC(C)CC3)(c3ccccc3OC)c3cc(OC)ccc32)c(OC)c1. The van der Waals surface area contributed by atoms with Crippen molar-refractivity contribution < 1.29 is 36.9 Å². The second-order valence-electron chi connectivity index (χ2n) is 12.7. The smallest absolute Gasteiger partial charge is 0.268 e. The molecule has 3 aliphatic rings. The van der Waals surface area contributed by atoms with Crippen LogP contribution in [-0.4, -0.2) is 105 Å². The summed E-state index contributed by atoms with van der Waals surface area (Å²) in [7, 11) is 1.78. The van der Waals surface area contributed by atoms with Crippen LogP contribution >= 0.6 is 0 Å². The molecule has 1 amide bonds. The minimum absolute atomic E-state index is 0.0380. The summed E-state index contributed by atoms with van der Waals surface area (Å²) in [6.45, 7) is 5.57. The van der Waals surface area contributed by atoms with Crippen molar-refractivity contribution in [3.63, 3.8) is 0 Å². The molecule has 0 aliphatic carbocycles. The van der Waals surface area contributed by atoms with Gasteiger partial charge in [0.05, 0.1) is 46.8 Å². The monoisotopic (exact) mass is 694 g/mol. The molecule has 13 heteroatoms. The summed E-state index contributed by atoms with van der Waals surface area (Å²) in [6, 6.07) is 17.1. The van der Waals surface area contributed by atoms with E-state index in [-0.39, 0.29) is 35.9 Å². The number of benzene rings is 3. The van der Waals surface area contributed by atoms with E-state index >= 15 is 0 Å². The normalized spacial score (nSPS) is 21.7. The highest BCUT2D eigenvalue weighted by Gasteiger charge is 2.52. The number of ether oxygens (including phenoxy) is 5. The molecular formula is C36H46N4O8S. The number of para-hydroxylation sites is 1. The van der Waals surface area contributed by atoms with E-state index in [0.717, 1.165) is 25.9 Å². The molecule has 0 radical (unpaired) electrons. The molecule has 3 aromatic carbocycles. The van der Waals surface area contributed by atoms with E-state index in [1.165, 1.54) is 30.7 Å². The lowest BCUT2D eigenvalue weighted by atomic mass is 9.87. The third-order valence-electron chi connectivity index (χ3n) is 9.97. The Bertz CT molecular complexity index is 1760. The van der Waals surface area contributed by atoms with Gasteiger partial charge in [-0.15, -0.1) is 0 Å². The van der Waals surface area contributed by atoms with E-state index < -0.39 is 15.6 Å². The first-order valence-electron chi connectivity index (χ1n) is 16.6. The molecule has 1 N–H and O–H groups in total. The van der Waals surface area contributed by atoms with Crippen LogP contribution < -0.4 is 28.6 Å². The first-order valence-corrected chi connectivity index (χ1v) is 18.1. The number of hydrogen-bond donors (Lipinski definition) is 1. The third kappa shape index (κ3) is 6.52. The molecule has 2 saturated heterocycles. The minimum Gasteiger partial charge on any atom is -0.497 e. The van der Waals surface area contributed by atoms with Crippen LogP contribution in [0.1, 0.15) is 30.9 Å². The summed E-state index contributed by atoms with van der Waals surface area (Å²) in [5.74, 6) is 2.10. The largest absolute Gasteiger partial charge is 0.497 e. The van der Waals surface area contributed by atoms with Crippen LogP contribution in [0, 0.1) is 5.92 Å². The number of rotatable bonds is 11. The maximum Gasteiger partial charge on any atom is 0.268 e. The summed E-state index contributed by atoms with van der Waals surface area (Å²) >= 11 is 0. The van der Waals surface area contributed by atoms with Crippen molar-refractivity contribution in [2.45, 2.75) is 36.4 Å². The second-order valence-corrected chi connectivity index (χ2v) is 14.5. The Morgan fingerprint density at radius 3 is 2.27 bits per heavy atom. The maximum absolute atomic E-state index is 14.6. The molecule has 2 fully saturated rings. The number of nitrogens with zero attached hydrogens (tertiary/aromatic N) is 3. The standard InChI is InChI=1S/C36H46N4O8S/c1-25-14-17-38(18-15-25)34-22-37-16-19-39(34)35(41)23-48-36(28-8-6-7-9-31(28)46-4)24-40(30-12-10-26(44-2)20-29(30)36)49(42,43)33-13-11-27(45-3)21-32(33)47-5/h6-13,20-21,25,34,37H,14-19,22-24H2,1-5H3. The highest BCUT2D eigenvalue weighted by Crippen LogP contribution is 2.52. The fourth-order valence-corrected chi connectivity index (χ4v) is 8.83. The first kappa shape index (κ1) is 34.8. The molecule has 12 nitrogen and oxygen atoms in total. The Balaban J connectivity index is 1.42. The quantitative estimate of drug-likeness (QED) is 0.319. The van der Waals surface area contributed by atoms with Crippen LogP contribution in [0.4, 0.5) is 5.69 Å². The summed E-state index contributed by atoms with van der Waals surface area (Å²) in [6.07, 6.45) is 2.09. The predicted octanol–water partition coefficient (Wildman–Crippen LogP) is 3.68. The number of nitrogens with one attached hydrogen (secondary N) is 1. The number of sulfonamides is 1. The van der Waals surface area contributed by atoms with Crippen LogP contribution in [0.3, 0.4) is 0 Å². The summed E-state index contributed by atoms with van der Waals surface area (Å²) in [5.41, 5.74) is 0.0610. The molecule has 2 atom stereocenters. The molecule has 0 bridgehead atoms. The van der Waals surface area contributed by atoms with E-state index in [4.69, 9.17) is 23.7 Å². The van der Waals surface area contributed by atoms with E-state index in [1.807, 2.05) is 23.1 Å².